The predicted molar refractivity (Wildman–Crippen MR) is 89.1 cm³/mol. The topological polar surface area (TPSA) is 38.3 Å². The molecule has 1 unspecified atom stereocenters. The summed E-state index contributed by atoms with van der Waals surface area (Å²) in [5.74, 6) is 0.639. The van der Waals surface area contributed by atoms with E-state index >= 15 is 0 Å². The quantitative estimate of drug-likeness (QED) is 0.910. The molecule has 2 rings (SSSR count). The van der Waals surface area contributed by atoms with Gasteiger partial charge in [0, 0.05) is 0 Å². The Labute approximate surface area is 132 Å². The molecule has 116 valence electrons. The molecule has 0 aliphatic heterocycles. The van der Waals surface area contributed by atoms with Gasteiger partial charge in [-0.3, -0.25) is 4.79 Å². The fourth-order valence-electron chi connectivity index (χ4n) is 2.54. The van der Waals surface area contributed by atoms with Crippen molar-refractivity contribution in [2.45, 2.75) is 33.7 Å². The first-order chi connectivity index (χ1) is 10.5. The Kier molecular flexibility index (Phi) is 5.21. The van der Waals surface area contributed by atoms with Crippen LogP contribution in [0, 0.1) is 20.8 Å². The van der Waals surface area contributed by atoms with Crippen molar-refractivity contribution in [1.29, 1.82) is 0 Å². The maximum atomic E-state index is 12.1. The van der Waals surface area contributed by atoms with Gasteiger partial charge in [-0.1, -0.05) is 42.0 Å². The second-order valence-electron chi connectivity index (χ2n) is 5.70. The van der Waals surface area contributed by atoms with Gasteiger partial charge in [0.25, 0.3) is 5.91 Å². The smallest absolute Gasteiger partial charge is 0.258 e. The highest BCUT2D eigenvalue weighted by Gasteiger charge is 2.12. The van der Waals surface area contributed by atoms with Gasteiger partial charge in [-0.05, 0) is 50.5 Å². The van der Waals surface area contributed by atoms with Gasteiger partial charge in [-0.2, -0.15) is 0 Å². The zero-order valence-corrected chi connectivity index (χ0v) is 13.6. The molecule has 0 aromatic heterocycles. The largest absolute Gasteiger partial charge is 0.484 e. The number of carbonyl (C=O) groups excluding carboxylic acids is 1. The predicted octanol–water partition coefficient (Wildman–Crippen LogP) is 3.87. The average Bonchev–Trinajstić information content (AvgIpc) is 2.46. The maximum absolute atomic E-state index is 12.1. The number of carbonyl (C=O) groups is 1. The summed E-state index contributed by atoms with van der Waals surface area (Å²) in [6, 6.07) is 14.0. The summed E-state index contributed by atoms with van der Waals surface area (Å²) in [6.45, 7) is 8.07. The molecule has 0 bridgehead atoms. The summed E-state index contributed by atoms with van der Waals surface area (Å²) in [5, 5.41) is 2.97. The minimum Gasteiger partial charge on any atom is -0.484 e. The van der Waals surface area contributed by atoms with Crippen molar-refractivity contribution in [1.82, 2.24) is 5.32 Å². The van der Waals surface area contributed by atoms with Gasteiger partial charge in [0.05, 0.1) is 6.04 Å². The third-order valence-electron chi connectivity index (χ3n) is 3.72. The Hall–Kier alpha value is -2.29. The molecule has 0 saturated heterocycles. The Morgan fingerprint density at radius 2 is 1.82 bits per heavy atom. The Morgan fingerprint density at radius 1 is 1.09 bits per heavy atom. The van der Waals surface area contributed by atoms with E-state index in [1.807, 2.05) is 70.2 Å². The van der Waals surface area contributed by atoms with Crippen LogP contribution in [0.25, 0.3) is 0 Å². The van der Waals surface area contributed by atoms with Crippen molar-refractivity contribution in [3.8, 4) is 5.75 Å². The highest BCUT2D eigenvalue weighted by molar-refractivity contribution is 5.78. The van der Waals surface area contributed by atoms with Crippen LogP contribution in [0.15, 0.2) is 42.5 Å². The zero-order valence-electron chi connectivity index (χ0n) is 13.6. The molecule has 1 atom stereocenters. The molecule has 0 spiro atoms. The molecule has 22 heavy (non-hydrogen) atoms. The minimum atomic E-state index is -0.115. The van der Waals surface area contributed by atoms with Gasteiger partial charge >= 0.3 is 0 Å². The van der Waals surface area contributed by atoms with E-state index in [4.69, 9.17) is 4.74 Å². The second-order valence-corrected chi connectivity index (χ2v) is 5.70. The molecular weight excluding hydrogens is 274 g/mol. The van der Waals surface area contributed by atoms with Crippen LogP contribution in [0.5, 0.6) is 5.75 Å². The van der Waals surface area contributed by atoms with E-state index in [9.17, 15) is 4.79 Å². The zero-order chi connectivity index (χ0) is 16.1. The molecular formula is C19H23NO2. The SMILES string of the molecule is Cc1ccc(OCC(=O)NC(C)c2ccccc2C)c(C)c1. The first kappa shape index (κ1) is 16.1. The van der Waals surface area contributed by atoms with Gasteiger partial charge in [0.1, 0.15) is 5.75 Å². The van der Waals surface area contributed by atoms with E-state index in [1.54, 1.807) is 0 Å². The first-order valence-corrected chi connectivity index (χ1v) is 7.52. The average molecular weight is 297 g/mol. The van der Waals surface area contributed by atoms with E-state index < -0.39 is 0 Å². The van der Waals surface area contributed by atoms with Gasteiger partial charge in [-0.25, -0.2) is 0 Å². The molecule has 1 amide bonds. The Morgan fingerprint density at radius 3 is 2.50 bits per heavy atom. The standard InChI is InChI=1S/C19H23NO2/c1-13-9-10-18(15(3)11-13)22-12-19(21)20-16(4)17-8-6-5-7-14(17)2/h5-11,16H,12H2,1-4H3,(H,20,21). The highest BCUT2D eigenvalue weighted by atomic mass is 16.5. The fraction of sp³-hybridized carbons (Fsp3) is 0.316. The van der Waals surface area contributed by atoms with Crippen LogP contribution in [0.3, 0.4) is 0 Å². The summed E-state index contributed by atoms with van der Waals surface area (Å²) < 4.78 is 5.61. The number of amides is 1. The number of hydrogen-bond donors (Lipinski definition) is 1. The summed E-state index contributed by atoms with van der Waals surface area (Å²) in [4.78, 5) is 12.1. The number of benzene rings is 2. The van der Waals surface area contributed by atoms with Crippen molar-refractivity contribution in [3.63, 3.8) is 0 Å². The van der Waals surface area contributed by atoms with Gasteiger partial charge in [0.2, 0.25) is 0 Å². The molecule has 3 heteroatoms. The number of hydrogen-bond acceptors (Lipinski definition) is 2. The summed E-state index contributed by atoms with van der Waals surface area (Å²) in [6.07, 6.45) is 0. The molecule has 0 radical (unpaired) electrons. The van der Waals surface area contributed by atoms with Crippen LogP contribution >= 0.6 is 0 Å². The van der Waals surface area contributed by atoms with E-state index in [0.717, 1.165) is 16.9 Å². The number of aryl methyl sites for hydroxylation is 3. The van der Waals surface area contributed by atoms with Crippen LogP contribution < -0.4 is 10.1 Å². The molecule has 2 aromatic carbocycles. The van der Waals surface area contributed by atoms with E-state index in [-0.39, 0.29) is 18.6 Å². The van der Waals surface area contributed by atoms with Crippen LogP contribution in [-0.2, 0) is 4.79 Å². The first-order valence-electron chi connectivity index (χ1n) is 7.52. The van der Waals surface area contributed by atoms with E-state index in [1.165, 1.54) is 11.1 Å². The van der Waals surface area contributed by atoms with E-state index in [0.29, 0.717) is 0 Å². The molecule has 0 saturated carbocycles. The van der Waals surface area contributed by atoms with E-state index in [2.05, 4.69) is 5.32 Å². The van der Waals surface area contributed by atoms with Crippen LogP contribution in [0.4, 0.5) is 0 Å². The monoisotopic (exact) mass is 297 g/mol. The molecule has 0 aliphatic rings. The van der Waals surface area contributed by atoms with Crippen LogP contribution in [0.2, 0.25) is 0 Å². The lowest BCUT2D eigenvalue weighted by molar-refractivity contribution is -0.123. The fourth-order valence-corrected chi connectivity index (χ4v) is 2.54. The molecule has 0 aliphatic carbocycles. The molecule has 0 heterocycles. The molecule has 2 aromatic rings. The Balaban J connectivity index is 1.92. The molecule has 1 N–H and O–H groups in total. The number of ether oxygens (including phenoxy) is 1. The summed E-state index contributed by atoms with van der Waals surface area (Å²) >= 11 is 0. The maximum Gasteiger partial charge on any atom is 0.258 e. The lowest BCUT2D eigenvalue weighted by Gasteiger charge is -2.17. The normalized spacial score (nSPS) is 11.8. The summed E-state index contributed by atoms with van der Waals surface area (Å²) in [7, 11) is 0. The van der Waals surface area contributed by atoms with Crippen molar-refractivity contribution in [3.05, 3.63) is 64.7 Å². The van der Waals surface area contributed by atoms with Crippen molar-refractivity contribution in [2.75, 3.05) is 6.61 Å². The van der Waals surface area contributed by atoms with Gasteiger partial charge in [0.15, 0.2) is 6.61 Å². The Bertz CT molecular complexity index is 664. The van der Waals surface area contributed by atoms with Crippen molar-refractivity contribution in [2.24, 2.45) is 0 Å². The highest BCUT2D eigenvalue weighted by Crippen LogP contribution is 2.19. The second kappa shape index (κ2) is 7.12. The van der Waals surface area contributed by atoms with Crippen LogP contribution in [0.1, 0.15) is 35.2 Å². The van der Waals surface area contributed by atoms with Gasteiger partial charge in [-0.15, -0.1) is 0 Å². The minimum absolute atomic E-state index is 0.0279. The van der Waals surface area contributed by atoms with Gasteiger partial charge < -0.3 is 10.1 Å². The van der Waals surface area contributed by atoms with Crippen molar-refractivity contribution >= 4 is 5.91 Å². The molecule has 0 fully saturated rings. The third kappa shape index (κ3) is 4.10. The lowest BCUT2D eigenvalue weighted by Crippen LogP contribution is -2.31. The van der Waals surface area contributed by atoms with Crippen LogP contribution in [-0.4, -0.2) is 12.5 Å². The summed E-state index contributed by atoms with van der Waals surface area (Å²) in [5.41, 5.74) is 4.52. The molecule has 3 nitrogen and oxygen atoms in total. The van der Waals surface area contributed by atoms with Crippen molar-refractivity contribution < 1.29 is 9.53 Å². The lowest BCUT2D eigenvalue weighted by atomic mass is 10.0. The third-order valence-corrected chi connectivity index (χ3v) is 3.72. The number of nitrogens with one attached hydrogen (secondary N) is 1. The number of rotatable bonds is 5.